The van der Waals surface area contributed by atoms with E-state index in [-0.39, 0.29) is 18.2 Å². The third kappa shape index (κ3) is 6.89. The van der Waals surface area contributed by atoms with Gasteiger partial charge in [0.25, 0.3) is 5.91 Å². The fraction of sp³-hybridized carbons (Fsp3) is 0.316. The molecule has 2 aromatic rings. The van der Waals surface area contributed by atoms with E-state index in [2.05, 4.69) is 26.2 Å². The molecule has 2 rings (SSSR count). The lowest BCUT2D eigenvalue weighted by atomic mass is 10.0. The lowest BCUT2D eigenvalue weighted by Crippen LogP contribution is -2.25. The number of thiazole rings is 1. The maximum atomic E-state index is 12.7. The van der Waals surface area contributed by atoms with Crippen LogP contribution in [0.1, 0.15) is 41.8 Å². The third-order valence-corrected chi connectivity index (χ3v) is 5.36. The van der Waals surface area contributed by atoms with E-state index in [1.165, 1.54) is 11.3 Å². The summed E-state index contributed by atoms with van der Waals surface area (Å²) in [6, 6.07) is 7.61. The number of unbranched alkanes of at least 4 members (excludes halogenated alkanes) is 2. The summed E-state index contributed by atoms with van der Waals surface area (Å²) in [5, 5.41) is 11.4. The molecular weight excluding hydrogens is 430 g/mol. The predicted octanol–water partition coefficient (Wildman–Crippen LogP) is 3.94. The zero-order valence-corrected chi connectivity index (χ0v) is 17.4. The number of carbonyl (C=O) groups is 2. The second-order valence-electron chi connectivity index (χ2n) is 5.97. The maximum absolute atomic E-state index is 12.7. The highest BCUT2D eigenvalue weighted by Gasteiger charge is 2.13. The number of hydroxylamine groups is 1. The molecular formula is C19H22BrN3O3S. The van der Waals surface area contributed by atoms with Gasteiger partial charge in [-0.3, -0.25) is 14.8 Å². The Balaban J connectivity index is 2.00. The fourth-order valence-electron chi connectivity index (χ4n) is 2.43. The van der Waals surface area contributed by atoms with E-state index in [1.54, 1.807) is 11.0 Å². The van der Waals surface area contributed by atoms with Crippen LogP contribution in [0.2, 0.25) is 0 Å². The number of hydrogen-bond donors (Lipinski definition) is 3. The quantitative estimate of drug-likeness (QED) is 0.233. The minimum atomic E-state index is -0.389. The van der Waals surface area contributed by atoms with Gasteiger partial charge in [-0.1, -0.05) is 34.5 Å². The van der Waals surface area contributed by atoms with Crippen LogP contribution in [-0.2, 0) is 9.59 Å². The van der Waals surface area contributed by atoms with Crippen LogP contribution in [0.15, 0.2) is 34.2 Å². The van der Waals surface area contributed by atoms with E-state index in [0.29, 0.717) is 18.5 Å². The number of aryl methyl sites for hydroxylation is 1. The Kier molecular flexibility index (Phi) is 8.63. The van der Waals surface area contributed by atoms with E-state index < -0.39 is 0 Å². The first-order valence-corrected chi connectivity index (χ1v) is 10.3. The van der Waals surface area contributed by atoms with E-state index in [1.807, 2.05) is 37.3 Å². The van der Waals surface area contributed by atoms with Gasteiger partial charge < -0.3 is 5.32 Å². The van der Waals surface area contributed by atoms with Crippen molar-refractivity contribution in [3.63, 3.8) is 0 Å². The highest BCUT2D eigenvalue weighted by atomic mass is 79.9. The first-order valence-electron chi connectivity index (χ1n) is 8.60. The second kappa shape index (κ2) is 11.0. The SMILES string of the molecule is Cc1ncsc1C=C(C(=O)NCCCCCC(=O)NO)c1ccc(Br)cc1. The average molecular weight is 452 g/mol. The molecule has 144 valence electrons. The van der Waals surface area contributed by atoms with Crippen LogP contribution in [0, 0.1) is 6.92 Å². The van der Waals surface area contributed by atoms with Gasteiger partial charge in [0.2, 0.25) is 5.91 Å². The Morgan fingerprint density at radius 1 is 1.22 bits per heavy atom. The van der Waals surface area contributed by atoms with Crippen molar-refractivity contribution in [3.8, 4) is 0 Å². The van der Waals surface area contributed by atoms with E-state index in [4.69, 9.17) is 5.21 Å². The van der Waals surface area contributed by atoms with Gasteiger partial charge in [-0.15, -0.1) is 11.3 Å². The van der Waals surface area contributed by atoms with Crippen molar-refractivity contribution in [2.24, 2.45) is 0 Å². The molecule has 1 heterocycles. The van der Waals surface area contributed by atoms with Crippen LogP contribution in [0.4, 0.5) is 0 Å². The van der Waals surface area contributed by atoms with Crippen molar-refractivity contribution in [3.05, 3.63) is 50.4 Å². The summed E-state index contributed by atoms with van der Waals surface area (Å²) >= 11 is 4.91. The smallest absolute Gasteiger partial charge is 0.251 e. The molecule has 0 bridgehead atoms. The second-order valence-corrected chi connectivity index (χ2v) is 7.77. The zero-order chi connectivity index (χ0) is 19.6. The molecule has 2 amide bonds. The summed E-state index contributed by atoms with van der Waals surface area (Å²) in [5.41, 5.74) is 5.70. The number of aromatic nitrogens is 1. The van der Waals surface area contributed by atoms with Crippen molar-refractivity contribution in [1.29, 1.82) is 0 Å². The average Bonchev–Trinajstić information content (AvgIpc) is 3.07. The zero-order valence-electron chi connectivity index (χ0n) is 15.0. The molecule has 0 spiro atoms. The number of benzene rings is 1. The Morgan fingerprint density at radius 3 is 2.59 bits per heavy atom. The van der Waals surface area contributed by atoms with Crippen molar-refractivity contribution in [1.82, 2.24) is 15.8 Å². The summed E-state index contributed by atoms with van der Waals surface area (Å²) in [6.45, 7) is 2.44. The highest BCUT2D eigenvalue weighted by Crippen LogP contribution is 2.24. The van der Waals surface area contributed by atoms with E-state index in [9.17, 15) is 9.59 Å². The minimum absolute atomic E-state index is 0.141. The van der Waals surface area contributed by atoms with Gasteiger partial charge in [0.05, 0.1) is 16.1 Å². The van der Waals surface area contributed by atoms with Gasteiger partial charge in [0, 0.05) is 23.0 Å². The van der Waals surface area contributed by atoms with Gasteiger partial charge in [-0.05, 0) is 43.5 Å². The molecule has 3 N–H and O–H groups in total. The molecule has 0 radical (unpaired) electrons. The standard InChI is InChI=1S/C19H22BrN3O3S/c1-13-17(27-12-22-13)11-16(14-6-8-15(20)9-7-14)19(25)21-10-4-2-3-5-18(24)23-26/h6-9,11-12,26H,2-5,10H2,1H3,(H,21,25)(H,23,24). The van der Waals surface area contributed by atoms with E-state index >= 15 is 0 Å². The molecule has 0 aliphatic heterocycles. The van der Waals surface area contributed by atoms with Crippen LogP contribution in [0.25, 0.3) is 11.6 Å². The van der Waals surface area contributed by atoms with Crippen LogP contribution >= 0.6 is 27.3 Å². The molecule has 8 heteroatoms. The number of nitrogens with zero attached hydrogens (tertiary/aromatic N) is 1. The first-order chi connectivity index (χ1) is 13.0. The number of halogens is 1. The molecule has 0 atom stereocenters. The van der Waals surface area contributed by atoms with Gasteiger partial charge in [-0.2, -0.15) is 0 Å². The lowest BCUT2D eigenvalue weighted by Gasteiger charge is -2.10. The molecule has 0 unspecified atom stereocenters. The number of rotatable bonds is 9. The number of hydrogen-bond acceptors (Lipinski definition) is 5. The van der Waals surface area contributed by atoms with Crippen LogP contribution in [0.5, 0.6) is 0 Å². The molecule has 6 nitrogen and oxygen atoms in total. The van der Waals surface area contributed by atoms with Gasteiger partial charge >= 0.3 is 0 Å². The summed E-state index contributed by atoms with van der Waals surface area (Å²) in [4.78, 5) is 28.9. The van der Waals surface area contributed by atoms with Gasteiger partial charge in [-0.25, -0.2) is 10.5 Å². The van der Waals surface area contributed by atoms with Crippen molar-refractivity contribution < 1.29 is 14.8 Å². The van der Waals surface area contributed by atoms with Crippen molar-refractivity contribution >= 4 is 50.7 Å². The molecule has 0 saturated carbocycles. The van der Waals surface area contributed by atoms with Gasteiger partial charge in [0.1, 0.15) is 0 Å². The highest BCUT2D eigenvalue weighted by molar-refractivity contribution is 9.10. The van der Waals surface area contributed by atoms with Crippen LogP contribution < -0.4 is 10.8 Å². The van der Waals surface area contributed by atoms with Crippen molar-refractivity contribution in [2.45, 2.75) is 32.6 Å². The van der Waals surface area contributed by atoms with Crippen molar-refractivity contribution in [2.75, 3.05) is 6.54 Å². The van der Waals surface area contributed by atoms with E-state index in [0.717, 1.165) is 33.4 Å². The maximum Gasteiger partial charge on any atom is 0.251 e. The topological polar surface area (TPSA) is 91.3 Å². The molecule has 0 fully saturated rings. The Hall–Kier alpha value is -2.03. The third-order valence-electron chi connectivity index (χ3n) is 3.95. The minimum Gasteiger partial charge on any atom is -0.352 e. The molecule has 0 aliphatic carbocycles. The number of carbonyl (C=O) groups excluding carboxylic acids is 2. The van der Waals surface area contributed by atoms with Gasteiger partial charge in [0.15, 0.2) is 0 Å². The predicted molar refractivity (Wildman–Crippen MR) is 110 cm³/mol. The largest absolute Gasteiger partial charge is 0.352 e. The molecule has 0 saturated heterocycles. The number of nitrogens with one attached hydrogen (secondary N) is 2. The summed E-state index contributed by atoms with van der Waals surface area (Å²) in [6.07, 6.45) is 4.37. The Labute approximate surface area is 170 Å². The monoisotopic (exact) mass is 451 g/mol. The molecule has 1 aromatic carbocycles. The number of amides is 2. The summed E-state index contributed by atoms with van der Waals surface area (Å²) in [5.74, 6) is -0.530. The molecule has 0 aliphatic rings. The Bertz CT molecular complexity index is 803. The fourth-order valence-corrected chi connectivity index (χ4v) is 3.43. The normalized spacial score (nSPS) is 11.3. The first kappa shape index (κ1) is 21.3. The lowest BCUT2D eigenvalue weighted by molar-refractivity contribution is -0.129. The van der Waals surface area contributed by atoms with Crippen LogP contribution in [0.3, 0.4) is 0 Å². The molecule has 1 aromatic heterocycles. The summed E-state index contributed by atoms with van der Waals surface area (Å²) < 4.78 is 0.951. The summed E-state index contributed by atoms with van der Waals surface area (Å²) in [7, 11) is 0. The van der Waals surface area contributed by atoms with Crippen LogP contribution in [-0.4, -0.2) is 28.6 Å². The Morgan fingerprint density at radius 2 is 1.96 bits per heavy atom. The molecule has 27 heavy (non-hydrogen) atoms.